The van der Waals surface area contributed by atoms with E-state index in [4.69, 9.17) is 4.74 Å². The number of hydrogen-bond donors (Lipinski definition) is 0. The van der Waals surface area contributed by atoms with Gasteiger partial charge in [-0.05, 0) is 28.8 Å². The molecule has 1 nitrogen and oxygen atoms in total. The van der Waals surface area contributed by atoms with Gasteiger partial charge in [-0.15, -0.1) is 0 Å². The number of hydrogen-bond acceptors (Lipinski definition) is 2. The fraction of sp³-hybridized carbons (Fsp3) is 0.231. The Balaban J connectivity index is 1.78. The predicted octanol–water partition coefficient (Wildman–Crippen LogP) is 3.98. The lowest BCUT2D eigenvalue weighted by Crippen LogP contribution is -2.02. The summed E-state index contributed by atoms with van der Waals surface area (Å²) in [7, 11) is 0. The van der Waals surface area contributed by atoms with Crippen LogP contribution in [-0.4, -0.2) is 6.61 Å². The Morgan fingerprint density at radius 2 is 2.00 bits per heavy atom. The van der Waals surface area contributed by atoms with Crippen LogP contribution in [0.5, 0.6) is 0 Å². The summed E-state index contributed by atoms with van der Waals surface area (Å²) in [5.41, 5.74) is 1.78. The van der Waals surface area contributed by atoms with E-state index in [1.165, 1.54) is 5.56 Å². The second-order valence-electron chi connectivity index (χ2n) is 3.48. The molecule has 0 amide bonds. The van der Waals surface area contributed by atoms with Gasteiger partial charge in [0.1, 0.15) is 0 Å². The second kappa shape index (κ2) is 5.77. The third kappa shape index (κ3) is 3.15. The fourth-order valence-electron chi connectivity index (χ4n) is 1.42. The molecule has 0 bridgehead atoms. The van der Waals surface area contributed by atoms with Gasteiger partial charge in [-0.2, -0.15) is 11.3 Å². The first-order valence-electron chi connectivity index (χ1n) is 5.18. The van der Waals surface area contributed by atoms with Crippen LogP contribution >= 0.6 is 11.3 Å². The van der Waals surface area contributed by atoms with E-state index in [-0.39, 0.29) is 0 Å². The van der Waals surface area contributed by atoms with Crippen LogP contribution in [0.25, 0.3) is 0 Å². The van der Waals surface area contributed by atoms with E-state index in [1.807, 2.05) is 29.6 Å². The molecule has 16 heavy (non-hydrogen) atoms. The van der Waals surface area contributed by atoms with Crippen molar-refractivity contribution in [3.63, 3.8) is 0 Å². The van der Waals surface area contributed by atoms with Crippen LogP contribution in [0.1, 0.15) is 17.5 Å². The number of benzene rings is 1. The summed E-state index contributed by atoms with van der Waals surface area (Å²) < 4.78 is 18.7. The SMILES string of the molecule is FC(OCCc1ccsc1)c1ccccc1. The molecular formula is C13H13FOS. The van der Waals surface area contributed by atoms with Crippen molar-refractivity contribution in [3.8, 4) is 0 Å². The number of thiophene rings is 1. The maximum absolute atomic E-state index is 13.5. The average Bonchev–Trinajstić information content (AvgIpc) is 2.83. The van der Waals surface area contributed by atoms with Gasteiger partial charge in [0, 0.05) is 5.56 Å². The normalized spacial score (nSPS) is 12.6. The maximum atomic E-state index is 13.5. The molecule has 2 aromatic rings. The highest BCUT2D eigenvalue weighted by Crippen LogP contribution is 2.18. The molecule has 2 rings (SSSR count). The van der Waals surface area contributed by atoms with Crippen molar-refractivity contribution >= 4 is 11.3 Å². The zero-order valence-corrected chi connectivity index (χ0v) is 9.62. The molecular weight excluding hydrogens is 223 g/mol. The van der Waals surface area contributed by atoms with E-state index in [1.54, 1.807) is 23.5 Å². The molecule has 0 fully saturated rings. The quantitative estimate of drug-likeness (QED) is 0.763. The van der Waals surface area contributed by atoms with Gasteiger partial charge < -0.3 is 4.74 Å². The molecule has 0 aliphatic carbocycles. The lowest BCUT2D eigenvalue weighted by Gasteiger charge is -2.09. The van der Waals surface area contributed by atoms with Gasteiger partial charge in [0.15, 0.2) is 0 Å². The smallest absolute Gasteiger partial charge is 0.225 e. The van der Waals surface area contributed by atoms with Gasteiger partial charge in [0.05, 0.1) is 6.61 Å². The summed E-state index contributed by atoms with van der Waals surface area (Å²) in [6.07, 6.45) is -0.559. The van der Waals surface area contributed by atoms with E-state index < -0.39 is 6.36 Å². The maximum Gasteiger partial charge on any atom is 0.225 e. The minimum Gasteiger partial charge on any atom is -0.344 e. The molecule has 1 atom stereocenters. The largest absolute Gasteiger partial charge is 0.344 e. The molecule has 0 aliphatic heterocycles. The fourth-order valence-corrected chi connectivity index (χ4v) is 2.12. The molecule has 84 valence electrons. The monoisotopic (exact) mass is 236 g/mol. The Bertz CT molecular complexity index is 399. The first-order valence-corrected chi connectivity index (χ1v) is 6.12. The molecule has 0 radical (unpaired) electrons. The van der Waals surface area contributed by atoms with Crippen LogP contribution in [0, 0.1) is 0 Å². The van der Waals surface area contributed by atoms with Gasteiger partial charge in [0.25, 0.3) is 0 Å². The van der Waals surface area contributed by atoms with Crippen LogP contribution in [0.3, 0.4) is 0 Å². The molecule has 0 saturated carbocycles. The summed E-state index contributed by atoms with van der Waals surface area (Å²) in [6, 6.07) is 11.0. The summed E-state index contributed by atoms with van der Waals surface area (Å²) in [5, 5.41) is 4.07. The highest BCUT2D eigenvalue weighted by molar-refractivity contribution is 7.07. The van der Waals surface area contributed by atoms with E-state index in [0.29, 0.717) is 12.2 Å². The Labute approximate surface area is 98.5 Å². The van der Waals surface area contributed by atoms with Gasteiger partial charge >= 0.3 is 0 Å². The standard InChI is InChI=1S/C13H13FOS/c14-13(12-4-2-1-3-5-12)15-8-6-11-7-9-16-10-11/h1-5,7,9-10,13H,6,8H2. The molecule has 1 heterocycles. The molecule has 0 spiro atoms. The minimum atomic E-state index is -1.32. The molecule has 3 heteroatoms. The van der Waals surface area contributed by atoms with Gasteiger partial charge in [-0.3, -0.25) is 0 Å². The lowest BCUT2D eigenvalue weighted by molar-refractivity contribution is -0.0395. The van der Waals surface area contributed by atoms with Crippen molar-refractivity contribution in [2.45, 2.75) is 12.8 Å². The van der Waals surface area contributed by atoms with Crippen LogP contribution in [0.2, 0.25) is 0 Å². The van der Waals surface area contributed by atoms with E-state index >= 15 is 0 Å². The molecule has 1 aromatic carbocycles. The number of ether oxygens (including phenoxy) is 1. The summed E-state index contributed by atoms with van der Waals surface area (Å²) in [4.78, 5) is 0. The first-order chi connectivity index (χ1) is 7.86. The van der Waals surface area contributed by atoms with Crippen LogP contribution in [0.4, 0.5) is 4.39 Å². The molecule has 0 aliphatic rings. The van der Waals surface area contributed by atoms with Crippen molar-refractivity contribution in [1.82, 2.24) is 0 Å². The molecule has 1 unspecified atom stereocenters. The van der Waals surface area contributed by atoms with E-state index in [2.05, 4.69) is 5.38 Å². The zero-order valence-electron chi connectivity index (χ0n) is 8.80. The number of halogens is 1. The Hall–Kier alpha value is -1.19. The van der Waals surface area contributed by atoms with Crippen molar-refractivity contribution in [1.29, 1.82) is 0 Å². The van der Waals surface area contributed by atoms with Gasteiger partial charge in [-0.25, -0.2) is 4.39 Å². The topological polar surface area (TPSA) is 9.23 Å². The Morgan fingerprint density at radius 1 is 1.19 bits per heavy atom. The summed E-state index contributed by atoms with van der Waals surface area (Å²) in [5.74, 6) is 0. The highest BCUT2D eigenvalue weighted by Gasteiger charge is 2.08. The number of alkyl halides is 1. The predicted molar refractivity (Wildman–Crippen MR) is 64.3 cm³/mol. The van der Waals surface area contributed by atoms with Crippen molar-refractivity contribution in [2.75, 3.05) is 6.61 Å². The lowest BCUT2D eigenvalue weighted by atomic mass is 10.2. The van der Waals surface area contributed by atoms with E-state index in [0.717, 1.165) is 6.42 Å². The van der Waals surface area contributed by atoms with E-state index in [9.17, 15) is 4.39 Å². The number of rotatable bonds is 5. The van der Waals surface area contributed by atoms with Crippen molar-refractivity contribution in [2.24, 2.45) is 0 Å². The zero-order chi connectivity index (χ0) is 11.2. The summed E-state index contributed by atoms with van der Waals surface area (Å²) in [6.45, 7) is 0.410. The Kier molecular flexibility index (Phi) is 4.08. The third-order valence-corrected chi connectivity index (χ3v) is 3.03. The Morgan fingerprint density at radius 3 is 2.69 bits per heavy atom. The molecule has 1 aromatic heterocycles. The van der Waals surface area contributed by atoms with Crippen LogP contribution < -0.4 is 0 Å². The van der Waals surface area contributed by atoms with Crippen molar-refractivity contribution < 1.29 is 9.13 Å². The first kappa shape index (κ1) is 11.3. The summed E-state index contributed by atoms with van der Waals surface area (Å²) >= 11 is 1.65. The van der Waals surface area contributed by atoms with Crippen LogP contribution in [0.15, 0.2) is 47.2 Å². The second-order valence-corrected chi connectivity index (χ2v) is 4.26. The van der Waals surface area contributed by atoms with Gasteiger partial charge in [0.2, 0.25) is 6.36 Å². The highest BCUT2D eigenvalue weighted by atomic mass is 32.1. The minimum absolute atomic E-state index is 0.410. The van der Waals surface area contributed by atoms with Gasteiger partial charge in [-0.1, -0.05) is 30.3 Å². The molecule has 0 N–H and O–H groups in total. The average molecular weight is 236 g/mol. The molecule has 0 saturated heterocycles. The van der Waals surface area contributed by atoms with Crippen molar-refractivity contribution in [3.05, 3.63) is 58.3 Å². The third-order valence-electron chi connectivity index (χ3n) is 2.30. The van der Waals surface area contributed by atoms with Crippen LogP contribution in [-0.2, 0) is 11.2 Å².